The lowest BCUT2D eigenvalue weighted by Gasteiger charge is -2.05. The molecule has 2 heterocycles. The second kappa shape index (κ2) is 5.95. The Labute approximate surface area is 154 Å². The summed E-state index contributed by atoms with van der Waals surface area (Å²) in [6.45, 7) is 0. The predicted molar refractivity (Wildman–Crippen MR) is 106 cm³/mol. The molecule has 5 aromatic rings. The number of aromatic amines is 1. The highest BCUT2D eigenvalue weighted by molar-refractivity contribution is 6.01. The monoisotopic (exact) mass is 354 g/mol. The first-order valence-electron chi connectivity index (χ1n) is 8.66. The zero-order chi connectivity index (χ0) is 18.4. The highest BCUT2D eigenvalue weighted by atomic mass is 19.1. The Kier molecular flexibility index (Phi) is 3.44. The molecule has 0 atom stereocenters. The molecule has 0 saturated carbocycles. The summed E-state index contributed by atoms with van der Waals surface area (Å²) in [5.74, 6) is -0.177. The van der Waals surface area contributed by atoms with E-state index in [1.165, 1.54) is 12.1 Å². The van der Waals surface area contributed by atoms with Crippen LogP contribution in [-0.4, -0.2) is 15.1 Å². The molecule has 0 spiro atoms. The van der Waals surface area contributed by atoms with Crippen molar-refractivity contribution < 1.29 is 9.50 Å². The number of halogens is 1. The average Bonchev–Trinajstić information content (AvgIpc) is 3.03. The number of fused-ring (bicyclic) bond motifs is 2. The quantitative estimate of drug-likeness (QED) is 0.415. The zero-order valence-electron chi connectivity index (χ0n) is 14.3. The molecule has 0 aliphatic rings. The van der Waals surface area contributed by atoms with Crippen LogP contribution in [0.15, 0.2) is 78.9 Å². The fourth-order valence-electron chi connectivity index (χ4n) is 3.46. The molecule has 0 saturated heterocycles. The molecule has 0 aliphatic heterocycles. The minimum absolute atomic E-state index is 0.0871. The molecule has 0 bridgehead atoms. The Morgan fingerprint density at radius 3 is 2.44 bits per heavy atom. The normalized spacial score (nSPS) is 11.3. The summed E-state index contributed by atoms with van der Waals surface area (Å²) in [7, 11) is 0. The molecule has 0 radical (unpaired) electrons. The predicted octanol–water partition coefficient (Wildman–Crippen LogP) is 5.89. The molecule has 4 heteroatoms. The van der Waals surface area contributed by atoms with E-state index in [9.17, 15) is 9.50 Å². The standard InChI is InChI=1S/C23H15FN2O/c24-17-9-5-14(6-10-17)16-8-11-20-18(13-16)22(23(27)26-20)21-12-7-15-3-1-2-4-19(15)25-21/h1-13,26-27H. The first-order chi connectivity index (χ1) is 13.2. The van der Waals surface area contributed by atoms with Crippen LogP contribution in [-0.2, 0) is 0 Å². The lowest BCUT2D eigenvalue weighted by molar-refractivity contribution is 0.460. The van der Waals surface area contributed by atoms with Crippen molar-refractivity contribution in [2.75, 3.05) is 0 Å². The largest absolute Gasteiger partial charge is 0.494 e. The van der Waals surface area contributed by atoms with Crippen LogP contribution in [0, 0.1) is 5.82 Å². The van der Waals surface area contributed by atoms with Gasteiger partial charge in [0.25, 0.3) is 0 Å². The molecule has 3 nitrogen and oxygen atoms in total. The van der Waals surface area contributed by atoms with E-state index < -0.39 is 0 Å². The van der Waals surface area contributed by atoms with Gasteiger partial charge in [-0.1, -0.05) is 42.5 Å². The molecular formula is C23H15FN2O. The number of aromatic nitrogens is 2. The Balaban J connectivity index is 1.71. The molecule has 0 unspecified atom stereocenters. The van der Waals surface area contributed by atoms with Gasteiger partial charge in [-0.25, -0.2) is 9.37 Å². The van der Waals surface area contributed by atoms with Gasteiger partial charge in [0.2, 0.25) is 0 Å². The SMILES string of the molecule is Oc1[nH]c2ccc(-c3ccc(F)cc3)cc2c1-c1ccc2ccccc2n1. The molecule has 130 valence electrons. The molecule has 3 aromatic carbocycles. The second-order valence-corrected chi connectivity index (χ2v) is 6.51. The van der Waals surface area contributed by atoms with E-state index in [0.717, 1.165) is 32.9 Å². The van der Waals surface area contributed by atoms with Gasteiger partial charge in [-0.15, -0.1) is 0 Å². The van der Waals surface area contributed by atoms with E-state index in [-0.39, 0.29) is 11.7 Å². The summed E-state index contributed by atoms with van der Waals surface area (Å²) in [6.07, 6.45) is 0. The van der Waals surface area contributed by atoms with Gasteiger partial charge in [-0.2, -0.15) is 0 Å². The Morgan fingerprint density at radius 2 is 1.59 bits per heavy atom. The third-order valence-electron chi connectivity index (χ3n) is 4.81. The lowest BCUT2D eigenvalue weighted by Crippen LogP contribution is -1.85. The van der Waals surface area contributed by atoms with E-state index in [1.807, 2.05) is 54.6 Å². The molecule has 5 rings (SSSR count). The van der Waals surface area contributed by atoms with Gasteiger partial charge in [-0.3, -0.25) is 0 Å². The van der Waals surface area contributed by atoms with Crippen molar-refractivity contribution in [2.24, 2.45) is 0 Å². The van der Waals surface area contributed by atoms with Gasteiger partial charge in [0.15, 0.2) is 5.88 Å². The molecule has 2 aromatic heterocycles. The van der Waals surface area contributed by atoms with Crippen LogP contribution in [0.25, 0.3) is 44.2 Å². The molecular weight excluding hydrogens is 339 g/mol. The number of benzene rings is 3. The van der Waals surface area contributed by atoms with Gasteiger partial charge in [0.1, 0.15) is 5.82 Å². The van der Waals surface area contributed by atoms with Crippen LogP contribution in [0.5, 0.6) is 5.88 Å². The number of pyridine rings is 1. The second-order valence-electron chi connectivity index (χ2n) is 6.51. The highest BCUT2D eigenvalue weighted by Gasteiger charge is 2.15. The van der Waals surface area contributed by atoms with E-state index in [0.29, 0.717) is 11.3 Å². The average molecular weight is 354 g/mol. The van der Waals surface area contributed by atoms with Crippen molar-refractivity contribution in [2.45, 2.75) is 0 Å². The lowest BCUT2D eigenvalue weighted by atomic mass is 10.0. The maximum Gasteiger partial charge on any atom is 0.199 e. The fraction of sp³-hybridized carbons (Fsp3) is 0. The van der Waals surface area contributed by atoms with Crippen LogP contribution in [0.1, 0.15) is 0 Å². The number of H-pyrrole nitrogens is 1. The van der Waals surface area contributed by atoms with Crippen molar-refractivity contribution in [3.63, 3.8) is 0 Å². The number of nitrogens with zero attached hydrogens (tertiary/aromatic N) is 1. The summed E-state index contributed by atoms with van der Waals surface area (Å²) in [4.78, 5) is 7.73. The number of nitrogens with one attached hydrogen (secondary N) is 1. The van der Waals surface area contributed by atoms with Gasteiger partial charge < -0.3 is 10.1 Å². The third-order valence-corrected chi connectivity index (χ3v) is 4.81. The number of rotatable bonds is 2. The molecule has 2 N–H and O–H groups in total. The minimum atomic E-state index is -0.264. The van der Waals surface area contributed by atoms with Crippen molar-refractivity contribution in [3.05, 3.63) is 84.7 Å². The summed E-state index contributed by atoms with van der Waals surface area (Å²) in [5, 5.41) is 12.4. The molecule has 0 fully saturated rings. The Bertz CT molecular complexity index is 1290. The van der Waals surface area contributed by atoms with E-state index in [4.69, 9.17) is 4.98 Å². The third kappa shape index (κ3) is 2.62. The van der Waals surface area contributed by atoms with Gasteiger partial charge in [0.05, 0.1) is 16.8 Å². The zero-order valence-corrected chi connectivity index (χ0v) is 14.3. The topological polar surface area (TPSA) is 48.9 Å². The van der Waals surface area contributed by atoms with E-state index >= 15 is 0 Å². The van der Waals surface area contributed by atoms with Crippen LogP contribution in [0.2, 0.25) is 0 Å². The smallest absolute Gasteiger partial charge is 0.199 e. The molecule has 0 amide bonds. The van der Waals surface area contributed by atoms with Gasteiger partial charge in [0, 0.05) is 16.3 Å². The summed E-state index contributed by atoms with van der Waals surface area (Å²) in [5.41, 5.74) is 4.93. The first kappa shape index (κ1) is 15.6. The number of aromatic hydroxyl groups is 1. The van der Waals surface area contributed by atoms with Crippen LogP contribution < -0.4 is 0 Å². The summed E-state index contributed by atoms with van der Waals surface area (Å²) >= 11 is 0. The number of para-hydroxylation sites is 1. The summed E-state index contributed by atoms with van der Waals surface area (Å²) < 4.78 is 13.2. The fourth-order valence-corrected chi connectivity index (χ4v) is 3.46. The maximum atomic E-state index is 13.2. The summed E-state index contributed by atoms with van der Waals surface area (Å²) in [6, 6.07) is 24.0. The van der Waals surface area contributed by atoms with Gasteiger partial charge >= 0.3 is 0 Å². The Hall–Kier alpha value is -3.66. The van der Waals surface area contributed by atoms with E-state index in [1.54, 1.807) is 12.1 Å². The van der Waals surface area contributed by atoms with Crippen molar-refractivity contribution in [1.29, 1.82) is 0 Å². The number of hydrogen-bond donors (Lipinski definition) is 2. The van der Waals surface area contributed by atoms with Crippen LogP contribution in [0.4, 0.5) is 4.39 Å². The maximum absolute atomic E-state index is 13.2. The first-order valence-corrected chi connectivity index (χ1v) is 8.66. The van der Waals surface area contributed by atoms with Crippen molar-refractivity contribution in [1.82, 2.24) is 9.97 Å². The van der Waals surface area contributed by atoms with Crippen LogP contribution >= 0.6 is 0 Å². The van der Waals surface area contributed by atoms with Crippen molar-refractivity contribution >= 4 is 21.8 Å². The van der Waals surface area contributed by atoms with Crippen LogP contribution in [0.3, 0.4) is 0 Å². The van der Waals surface area contributed by atoms with Crippen molar-refractivity contribution in [3.8, 4) is 28.3 Å². The highest BCUT2D eigenvalue weighted by Crippen LogP contribution is 2.38. The Morgan fingerprint density at radius 1 is 0.815 bits per heavy atom. The van der Waals surface area contributed by atoms with E-state index in [2.05, 4.69) is 4.98 Å². The molecule has 0 aliphatic carbocycles. The molecule has 27 heavy (non-hydrogen) atoms. The van der Waals surface area contributed by atoms with Gasteiger partial charge in [-0.05, 0) is 47.5 Å². The number of hydrogen-bond acceptors (Lipinski definition) is 2. The minimum Gasteiger partial charge on any atom is -0.494 e.